The van der Waals surface area contributed by atoms with Crippen molar-refractivity contribution in [3.8, 4) is 5.75 Å². The fourth-order valence-electron chi connectivity index (χ4n) is 3.09. The van der Waals surface area contributed by atoms with Gasteiger partial charge in [-0.15, -0.1) is 0 Å². The first-order chi connectivity index (χ1) is 14.2. The van der Waals surface area contributed by atoms with Crippen LogP contribution < -0.4 is 10.1 Å². The van der Waals surface area contributed by atoms with E-state index in [1.54, 1.807) is 19.1 Å². The number of halogens is 1. The van der Waals surface area contributed by atoms with Crippen LogP contribution in [0.5, 0.6) is 5.75 Å². The monoisotopic (exact) mass is 414 g/mol. The van der Waals surface area contributed by atoms with Gasteiger partial charge in [-0.1, -0.05) is 44.2 Å². The molecule has 1 unspecified atom stereocenters. The van der Waals surface area contributed by atoms with Crippen LogP contribution in [0.15, 0.2) is 48.5 Å². The Hall–Kier alpha value is -2.89. The van der Waals surface area contributed by atoms with Crippen LogP contribution in [0.25, 0.3) is 0 Å². The Labute approximate surface area is 178 Å². The summed E-state index contributed by atoms with van der Waals surface area (Å²) in [5.74, 6) is -0.00702. The second-order valence-corrected chi connectivity index (χ2v) is 7.97. The predicted octanol–water partition coefficient (Wildman–Crippen LogP) is 4.27. The minimum Gasteiger partial charge on any atom is -0.483 e. The van der Waals surface area contributed by atoms with Gasteiger partial charge in [-0.3, -0.25) is 9.59 Å². The van der Waals surface area contributed by atoms with Gasteiger partial charge in [0.05, 0.1) is 0 Å². The molecule has 2 amide bonds. The standard InChI is InChI=1S/C24H31FN2O3/c1-16(2)21-8-6-7-9-22(21)30-15-23(28)27(18(5)24(29)26-17(3)4)14-19-10-12-20(25)13-11-19/h6-13,16-18H,14-15H2,1-5H3,(H,26,29). The van der Waals surface area contributed by atoms with Crippen molar-refractivity contribution in [2.75, 3.05) is 6.61 Å². The van der Waals surface area contributed by atoms with E-state index in [2.05, 4.69) is 19.2 Å². The molecule has 1 N–H and O–H groups in total. The molecule has 0 saturated heterocycles. The summed E-state index contributed by atoms with van der Waals surface area (Å²) in [5.41, 5.74) is 1.75. The zero-order valence-electron chi connectivity index (χ0n) is 18.3. The molecular formula is C24H31FN2O3. The molecule has 0 fully saturated rings. The van der Waals surface area contributed by atoms with Gasteiger partial charge in [-0.25, -0.2) is 4.39 Å². The smallest absolute Gasteiger partial charge is 0.261 e. The SMILES string of the molecule is CC(C)NC(=O)C(C)N(Cc1ccc(F)cc1)C(=O)COc1ccccc1C(C)C. The van der Waals surface area contributed by atoms with Crippen molar-refractivity contribution < 1.29 is 18.7 Å². The maximum absolute atomic E-state index is 13.3. The summed E-state index contributed by atoms with van der Waals surface area (Å²) in [7, 11) is 0. The zero-order chi connectivity index (χ0) is 22.3. The van der Waals surface area contributed by atoms with Gasteiger partial charge < -0.3 is 15.0 Å². The first-order valence-corrected chi connectivity index (χ1v) is 10.2. The molecule has 0 bridgehead atoms. The summed E-state index contributed by atoms with van der Waals surface area (Å²) < 4.78 is 19.1. The van der Waals surface area contributed by atoms with Crippen molar-refractivity contribution in [3.05, 3.63) is 65.5 Å². The van der Waals surface area contributed by atoms with Crippen LogP contribution in [0.3, 0.4) is 0 Å². The molecule has 30 heavy (non-hydrogen) atoms. The topological polar surface area (TPSA) is 58.6 Å². The number of ether oxygens (including phenoxy) is 1. The number of benzene rings is 2. The molecule has 0 saturated carbocycles. The predicted molar refractivity (Wildman–Crippen MR) is 116 cm³/mol. The lowest BCUT2D eigenvalue weighted by atomic mass is 10.0. The van der Waals surface area contributed by atoms with E-state index in [0.717, 1.165) is 11.1 Å². The number of nitrogens with zero attached hydrogens (tertiary/aromatic N) is 1. The number of rotatable bonds is 9. The van der Waals surface area contributed by atoms with Crippen LogP contribution >= 0.6 is 0 Å². The van der Waals surface area contributed by atoms with Crippen molar-refractivity contribution >= 4 is 11.8 Å². The lowest BCUT2D eigenvalue weighted by Crippen LogP contribution is -2.50. The molecule has 0 aliphatic heterocycles. The van der Waals surface area contributed by atoms with Crippen LogP contribution in [0.2, 0.25) is 0 Å². The second-order valence-electron chi connectivity index (χ2n) is 7.97. The van der Waals surface area contributed by atoms with Crippen molar-refractivity contribution in [3.63, 3.8) is 0 Å². The number of amides is 2. The molecule has 6 heteroatoms. The fraction of sp³-hybridized carbons (Fsp3) is 0.417. The molecule has 0 spiro atoms. The van der Waals surface area contributed by atoms with Crippen LogP contribution in [0.4, 0.5) is 4.39 Å². The number of nitrogens with one attached hydrogen (secondary N) is 1. The highest BCUT2D eigenvalue weighted by molar-refractivity contribution is 5.88. The fourth-order valence-corrected chi connectivity index (χ4v) is 3.09. The lowest BCUT2D eigenvalue weighted by molar-refractivity contribution is -0.142. The molecule has 0 radical (unpaired) electrons. The largest absolute Gasteiger partial charge is 0.483 e. The summed E-state index contributed by atoms with van der Waals surface area (Å²) in [6.45, 7) is 9.52. The maximum Gasteiger partial charge on any atom is 0.261 e. The van der Waals surface area contributed by atoms with Gasteiger partial charge in [0, 0.05) is 12.6 Å². The molecule has 1 atom stereocenters. The second kappa shape index (κ2) is 10.8. The van der Waals surface area contributed by atoms with Crippen LogP contribution in [-0.2, 0) is 16.1 Å². The molecule has 2 rings (SSSR count). The number of carbonyl (C=O) groups is 2. The van der Waals surface area contributed by atoms with Gasteiger partial charge in [0.15, 0.2) is 6.61 Å². The maximum atomic E-state index is 13.3. The first kappa shape index (κ1) is 23.4. The highest BCUT2D eigenvalue weighted by Gasteiger charge is 2.27. The zero-order valence-corrected chi connectivity index (χ0v) is 18.3. The van der Waals surface area contributed by atoms with Gasteiger partial charge in [0.1, 0.15) is 17.6 Å². The van der Waals surface area contributed by atoms with Crippen LogP contribution in [0.1, 0.15) is 51.7 Å². The Morgan fingerprint density at radius 2 is 1.63 bits per heavy atom. The van der Waals surface area contributed by atoms with Crippen LogP contribution in [-0.4, -0.2) is 35.4 Å². The average Bonchev–Trinajstić information content (AvgIpc) is 2.70. The van der Waals surface area contributed by atoms with Crippen LogP contribution in [0, 0.1) is 5.82 Å². The van der Waals surface area contributed by atoms with Gasteiger partial charge in [-0.05, 0) is 56.0 Å². The van der Waals surface area contributed by atoms with Gasteiger partial charge in [-0.2, -0.15) is 0 Å². The quantitative estimate of drug-likeness (QED) is 0.667. The third-order valence-electron chi connectivity index (χ3n) is 4.76. The number of hydrogen-bond donors (Lipinski definition) is 1. The van der Waals surface area contributed by atoms with E-state index in [0.29, 0.717) is 5.75 Å². The Morgan fingerprint density at radius 1 is 1.00 bits per heavy atom. The first-order valence-electron chi connectivity index (χ1n) is 10.2. The van der Waals surface area contributed by atoms with Gasteiger partial charge >= 0.3 is 0 Å². The summed E-state index contributed by atoms with van der Waals surface area (Å²) in [6, 6.07) is 12.8. The molecule has 162 valence electrons. The van der Waals surface area contributed by atoms with Crippen molar-refractivity contribution in [2.24, 2.45) is 0 Å². The van der Waals surface area contributed by atoms with Gasteiger partial charge in [0.25, 0.3) is 5.91 Å². The van der Waals surface area contributed by atoms with E-state index in [-0.39, 0.29) is 42.7 Å². The Bertz CT molecular complexity index is 850. The minimum atomic E-state index is -0.700. The van der Waals surface area contributed by atoms with E-state index >= 15 is 0 Å². The van der Waals surface area contributed by atoms with Crippen molar-refractivity contribution in [1.82, 2.24) is 10.2 Å². The number of carbonyl (C=O) groups excluding carboxylic acids is 2. The Morgan fingerprint density at radius 3 is 2.23 bits per heavy atom. The summed E-state index contributed by atoms with van der Waals surface area (Å²) in [4.78, 5) is 27.1. The third-order valence-corrected chi connectivity index (χ3v) is 4.76. The van der Waals surface area contributed by atoms with E-state index in [9.17, 15) is 14.0 Å². The molecule has 0 aliphatic rings. The molecule has 2 aromatic carbocycles. The molecule has 2 aromatic rings. The molecule has 0 aliphatic carbocycles. The molecular weight excluding hydrogens is 383 g/mol. The summed E-state index contributed by atoms with van der Waals surface area (Å²) in [5, 5.41) is 2.84. The molecule has 5 nitrogen and oxygen atoms in total. The highest BCUT2D eigenvalue weighted by Crippen LogP contribution is 2.26. The highest BCUT2D eigenvalue weighted by atomic mass is 19.1. The van der Waals surface area contributed by atoms with Crippen molar-refractivity contribution in [1.29, 1.82) is 0 Å². The molecule has 0 heterocycles. The number of hydrogen-bond acceptors (Lipinski definition) is 3. The Balaban J connectivity index is 2.19. The normalized spacial score (nSPS) is 12.0. The average molecular weight is 415 g/mol. The minimum absolute atomic E-state index is 0.0445. The van der Waals surface area contributed by atoms with Crippen molar-refractivity contribution in [2.45, 2.75) is 59.2 Å². The summed E-state index contributed by atoms with van der Waals surface area (Å²) in [6.07, 6.45) is 0. The Kier molecular flexibility index (Phi) is 8.39. The lowest BCUT2D eigenvalue weighted by Gasteiger charge is -2.29. The van der Waals surface area contributed by atoms with E-state index in [1.165, 1.54) is 17.0 Å². The molecule has 0 aromatic heterocycles. The van der Waals surface area contributed by atoms with E-state index < -0.39 is 6.04 Å². The van der Waals surface area contributed by atoms with E-state index in [4.69, 9.17) is 4.74 Å². The van der Waals surface area contributed by atoms with E-state index in [1.807, 2.05) is 38.1 Å². The number of para-hydroxylation sites is 1. The van der Waals surface area contributed by atoms with Gasteiger partial charge in [0.2, 0.25) is 5.91 Å². The third kappa shape index (κ3) is 6.58. The summed E-state index contributed by atoms with van der Waals surface area (Å²) >= 11 is 0.